The highest BCUT2D eigenvalue weighted by atomic mass is 32.2. The highest BCUT2D eigenvalue weighted by molar-refractivity contribution is 7.98. The van der Waals surface area contributed by atoms with Crippen molar-refractivity contribution in [3.63, 3.8) is 0 Å². The summed E-state index contributed by atoms with van der Waals surface area (Å²) in [7, 11) is 0. The Morgan fingerprint density at radius 1 is 1.42 bits per heavy atom. The van der Waals surface area contributed by atoms with Gasteiger partial charge < -0.3 is 5.32 Å². The van der Waals surface area contributed by atoms with Crippen molar-refractivity contribution in [1.82, 2.24) is 5.32 Å². The third kappa shape index (κ3) is 5.04. The molecule has 0 aromatic heterocycles. The van der Waals surface area contributed by atoms with Crippen LogP contribution in [0.15, 0.2) is 0 Å². The summed E-state index contributed by atoms with van der Waals surface area (Å²) in [6, 6.07) is 0.887. The molecular weight excluding hydrogens is 166 g/mol. The van der Waals surface area contributed by atoms with Gasteiger partial charge in [-0.15, -0.1) is 0 Å². The van der Waals surface area contributed by atoms with Crippen molar-refractivity contribution in [2.24, 2.45) is 5.92 Å². The van der Waals surface area contributed by atoms with Gasteiger partial charge in [-0.05, 0) is 50.2 Å². The molecule has 0 amide bonds. The van der Waals surface area contributed by atoms with Crippen molar-refractivity contribution >= 4 is 11.8 Å². The highest BCUT2D eigenvalue weighted by Crippen LogP contribution is 2.19. The van der Waals surface area contributed by atoms with Gasteiger partial charge in [-0.3, -0.25) is 0 Å². The minimum absolute atomic E-state index is 0.887. The SMILES string of the molecule is CSCCC(C)CCNC1CC1. The Balaban J connectivity index is 1.83. The molecule has 1 atom stereocenters. The summed E-state index contributed by atoms with van der Waals surface area (Å²) in [5.74, 6) is 2.23. The number of thioether (sulfide) groups is 1. The maximum atomic E-state index is 3.56. The fourth-order valence-corrected chi connectivity index (χ4v) is 1.92. The molecule has 0 aliphatic heterocycles. The van der Waals surface area contributed by atoms with Crippen LogP contribution in [0.5, 0.6) is 0 Å². The van der Waals surface area contributed by atoms with E-state index in [1.807, 2.05) is 11.8 Å². The molecule has 0 heterocycles. The Kier molecular flexibility index (Phi) is 5.08. The summed E-state index contributed by atoms with van der Waals surface area (Å²) in [6.45, 7) is 3.60. The second-order valence-electron chi connectivity index (χ2n) is 3.90. The Morgan fingerprint density at radius 2 is 2.17 bits per heavy atom. The summed E-state index contributed by atoms with van der Waals surface area (Å²) >= 11 is 1.96. The van der Waals surface area contributed by atoms with Gasteiger partial charge >= 0.3 is 0 Å². The van der Waals surface area contributed by atoms with Gasteiger partial charge in [-0.2, -0.15) is 11.8 Å². The van der Waals surface area contributed by atoms with E-state index in [2.05, 4.69) is 18.5 Å². The Hall–Kier alpha value is 0.310. The number of hydrogen-bond donors (Lipinski definition) is 1. The van der Waals surface area contributed by atoms with Crippen molar-refractivity contribution in [3.05, 3.63) is 0 Å². The smallest absolute Gasteiger partial charge is 0.00682 e. The lowest BCUT2D eigenvalue weighted by Gasteiger charge is -2.10. The Bertz CT molecular complexity index is 112. The first kappa shape index (κ1) is 10.4. The van der Waals surface area contributed by atoms with Gasteiger partial charge in [-0.25, -0.2) is 0 Å². The second-order valence-corrected chi connectivity index (χ2v) is 4.89. The van der Waals surface area contributed by atoms with Crippen LogP contribution in [0, 0.1) is 5.92 Å². The first-order valence-corrected chi connectivity index (χ1v) is 6.44. The lowest BCUT2D eigenvalue weighted by atomic mass is 10.1. The Labute approximate surface area is 80.7 Å². The van der Waals surface area contributed by atoms with Gasteiger partial charge in [0.15, 0.2) is 0 Å². The van der Waals surface area contributed by atoms with E-state index in [9.17, 15) is 0 Å². The molecule has 0 saturated heterocycles. The van der Waals surface area contributed by atoms with Crippen molar-refractivity contribution in [2.45, 2.75) is 38.6 Å². The summed E-state index contributed by atoms with van der Waals surface area (Å²) in [5.41, 5.74) is 0. The molecule has 0 spiro atoms. The molecule has 1 aliphatic rings. The maximum Gasteiger partial charge on any atom is 0.00682 e. The van der Waals surface area contributed by atoms with E-state index in [1.165, 1.54) is 38.0 Å². The fraction of sp³-hybridized carbons (Fsp3) is 1.00. The largest absolute Gasteiger partial charge is 0.314 e. The van der Waals surface area contributed by atoms with E-state index in [-0.39, 0.29) is 0 Å². The molecule has 12 heavy (non-hydrogen) atoms. The lowest BCUT2D eigenvalue weighted by molar-refractivity contribution is 0.490. The molecule has 1 saturated carbocycles. The zero-order valence-corrected chi connectivity index (χ0v) is 9.12. The summed E-state index contributed by atoms with van der Waals surface area (Å²) in [6.07, 6.45) is 7.76. The first-order valence-electron chi connectivity index (χ1n) is 5.05. The minimum Gasteiger partial charge on any atom is -0.314 e. The van der Waals surface area contributed by atoms with Crippen molar-refractivity contribution < 1.29 is 0 Å². The van der Waals surface area contributed by atoms with Crippen molar-refractivity contribution in [2.75, 3.05) is 18.6 Å². The molecule has 1 unspecified atom stereocenters. The van der Waals surface area contributed by atoms with E-state index in [0.29, 0.717) is 0 Å². The summed E-state index contributed by atoms with van der Waals surface area (Å²) in [5, 5.41) is 3.56. The number of rotatable bonds is 7. The molecule has 2 heteroatoms. The molecule has 1 nitrogen and oxygen atoms in total. The van der Waals surface area contributed by atoms with Crippen LogP contribution < -0.4 is 5.32 Å². The van der Waals surface area contributed by atoms with Gasteiger partial charge in [0, 0.05) is 6.04 Å². The third-order valence-electron chi connectivity index (χ3n) is 2.46. The van der Waals surface area contributed by atoms with E-state index >= 15 is 0 Å². The molecule has 72 valence electrons. The van der Waals surface area contributed by atoms with Gasteiger partial charge in [-0.1, -0.05) is 6.92 Å². The number of hydrogen-bond acceptors (Lipinski definition) is 2. The van der Waals surface area contributed by atoms with Crippen LogP contribution in [-0.2, 0) is 0 Å². The molecule has 0 aromatic carbocycles. The van der Waals surface area contributed by atoms with Crippen LogP contribution in [0.4, 0.5) is 0 Å². The normalized spacial score (nSPS) is 19.5. The summed E-state index contributed by atoms with van der Waals surface area (Å²) < 4.78 is 0. The van der Waals surface area contributed by atoms with Crippen LogP contribution in [0.25, 0.3) is 0 Å². The van der Waals surface area contributed by atoms with E-state index < -0.39 is 0 Å². The molecular formula is C10H21NS. The average molecular weight is 187 g/mol. The zero-order chi connectivity index (χ0) is 8.81. The van der Waals surface area contributed by atoms with Crippen LogP contribution in [0.2, 0.25) is 0 Å². The van der Waals surface area contributed by atoms with Crippen LogP contribution in [-0.4, -0.2) is 24.6 Å². The topological polar surface area (TPSA) is 12.0 Å². The molecule has 0 aromatic rings. The highest BCUT2D eigenvalue weighted by Gasteiger charge is 2.19. The van der Waals surface area contributed by atoms with Crippen molar-refractivity contribution in [1.29, 1.82) is 0 Å². The second kappa shape index (κ2) is 5.87. The van der Waals surface area contributed by atoms with Gasteiger partial charge in [0.25, 0.3) is 0 Å². The van der Waals surface area contributed by atoms with Gasteiger partial charge in [0.2, 0.25) is 0 Å². The zero-order valence-electron chi connectivity index (χ0n) is 8.31. The summed E-state index contributed by atoms with van der Waals surface area (Å²) in [4.78, 5) is 0. The van der Waals surface area contributed by atoms with Crippen molar-refractivity contribution in [3.8, 4) is 0 Å². The fourth-order valence-electron chi connectivity index (χ4n) is 1.28. The average Bonchev–Trinajstić information content (AvgIpc) is 2.84. The first-order chi connectivity index (χ1) is 5.83. The molecule has 1 rings (SSSR count). The standard InChI is InChI=1S/C10H21NS/c1-9(6-8-12-2)5-7-11-10-3-4-10/h9-11H,3-8H2,1-2H3. The molecule has 1 N–H and O–H groups in total. The van der Waals surface area contributed by atoms with E-state index in [1.54, 1.807) is 0 Å². The van der Waals surface area contributed by atoms with Gasteiger partial charge in [0.05, 0.1) is 0 Å². The Morgan fingerprint density at radius 3 is 2.75 bits per heavy atom. The monoisotopic (exact) mass is 187 g/mol. The molecule has 0 radical (unpaired) electrons. The quantitative estimate of drug-likeness (QED) is 0.657. The minimum atomic E-state index is 0.887. The van der Waals surface area contributed by atoms with Gasteiger partial charge in [0.1, 0.15) is 0 Å². The third-order valence-corrected chi connectivity index (χ3v) is 3.11. The number of nitrogens with one attached hydrogen (secondary N) is 1. The lowest BCUT2D eigenvalue weighted by Crippen LogP contribution is -2.19. The maximum absolute atomic E-state index is 3.56. The predicted molar refractivity (Wildman–Crippen MR) is 57.8 cm³/mol. The van der Waals surface area contributed by atoms with Crippen LogP contribution in [0.3, 0.4) is 0 Å². The molecule has 1 aliphatic carbocycles. The predicted octanol–water partition coefficient (Wildman–Crippen LogP) is 2.52. The van der Waals surface area contributed by atoms with Crippen LogP contribution in [0.1, 0.15) is 32.6 Å². The van der Waals surface area contributed by atoms with Crippen LogP contribution >= 0.6 is 11.8 Å². The molecule has 1 fully saturated rings. The van der Waals surface area contributed by atoms with E-state index in [4.69, 9.17) is 0 Å². The van der Waals surface area contributed by atoms with E-state index in [0.717, 1.165) is 12.0 Å². The molecule has 0 bridgehead atoms.